The molecule has 4 heteroatoms. The normalized spacial score (nSPS) is 22.8. The second-order valence-electron chi connectivity index (χ2n) is 7.44. The van der Waals surface area contributed by atoms with Gasteiger partial charge in [-0.05, 0) is 73.9 Å². The number of aryl methyl sites for hydroxylation is 1. The summed E-state index contributed by atoms with van der Waals surface area (Å²) in [6, 6.07) is 13.4. The van der Waals surface area contributed by atoms with Crippen LogP contribution in [0.25, 0.3) is 0 Å². The largest absolute Gasteiger partial charge is 0.378 e. The second-order valence-corrected chi connectivity index (χ2v) is 7.84. The standard InChI is InChI=1S/C22H26ClNO2/c1-14-4-7-19(12-21(14)23)22(25)24-20-8-5-17(6-9-20)11-18-10-15(2)16(3)26-13-18/h4-9,12,15-16,18H,10-11,13H2,1-3H3,(H,24,25). The fourth-order valence-electron chi connectivity index (χ4n) is 3.37. The van der Waals surface area contributed by atoms with Gasteiger partial charge in [0.15, 0.2) is 0 Å². The van der Waals surface area contributed by atoms with Crippen LogP contribution in [-0.4, -0.2) is 18.6 Å². The molecule has 3 unspecified atom stereocenters. The molecule has 2 aromatic rings. The maximum Gasteiger partial charge on any atom is 0.255 e. The minimum atomic E-state index is -0.150. The van der Waals surface area contributed by atoms with Crippen LogP contribution in [0.2, 0.25) is 5.02 Å². The number of ether oxygens (including phenoxy) is 1. The fourth-order valence-corrected chi connectivity index (χ4v) is 3.56. The molecule has 0 aromatic heterocycles. The Hall–Kier alpha value is -1.84. The van der Waals surface area contributed by atoms with E-state index in [0.717, 1.165) is 24.3 Å². The van der Waals surface area contributed by atoms with Gasteiger partial charge < -0.3 is 10.1 Å². The smallest absolute Gasteiger partial charge is 0.255 e. The predicted molar refractivity (Wildman–Crippen MR) is 107 cm³/mol. The third kappa shape index (κ3) is 4.66. The number of anilines is 1. The van der Waals surface area contributed by atoms with Crippen LogP contribution in [0.4, 0.5) is 5.69 Å². The summed E-state index contributed by atoms with van der Waals surface area (Å²) >= 11 is 6.10. The van der Waals surface area contributed by atoms with Crippen LogP contribution < -0.4 is 5.32 Å². The van der Waals surface area contributed by atoms with E-state index in [1.165, 1.54) is 12.0 Å². The number of hydrogen-bond acceptors (Lipinski definition) is 2. The number of rotatable bonds is 4. The molecule has 1 aliphatic rings. The number of nitrogens with one attached hydrogen (secondary N) is 1. The van der Waals surface area contributed by atoms with Crippen molar-refractivity contribution < 1.29 is 9.53 Å². The van der Waals surface area contributed by atoms with Crippen LogP contribution in [0.15, 0.2) is 42.5 Å². The van der Waals surface area contributed by atoms with Gasteiger partial charge in [-0.2, -0.15) is 0 Å². The molecular formula is C22H26ClNO2. The van der Waals surface area contributed by atoms with Gasteiger partial charge in [-0.1, -0.05) is 36.7 Å². The topological polar surface area (TPSA) is 38.3 Å². The summed E-state index contributed by atoms with van der Waals surface area (Å²) in [6.45, 7) is 7.16. The number of hydrogen-bond donors (Lipinski definition) is 1. The first-order valence-electron chi connectivity index (χ1n) is 9.20. The number of benzene rings is 2. The van der Waals surface area contributed by atoms with Gasteiger partial charge in [-0.25, -0.2) is 0 Å². The molecule has 1 aliphatic heterocycles. The van der Waals surface area contributed by atoms with Gasteiger partial charge >= 0.3 is 0 Å². The Morgan fingerprint density at radius 3 is 2.58 bits per heavy atom. The summed E-state index contributed by atoms with van der Waals surface area (Å²) in [5.41, 5.74) is 3.59. The molecule has 2 aromatic carbocycles. The lowest BCUT2D eigenvalue weighted by Crippen LogP contribution is -2.31. The summed E-state index contributed by atoms with van der Waals surface area (Å²) in [5.74, 6) is 1.02. The van der Waals surface area contributed by atoms with Crippen LogP contribution in [0.3, 0.4) is 0 Å². The summed E-state index contributed by atoms with van der Waals surface area (Å²) in [4.78, 5) is 12.4. The first-order chi connectivity index (χ1) is 12.4. The number of amides is 1. The van der Waals surface area contributed by atoms with Crippen molar-refractivity contribution in [2.75, 3.05) is 11.9 Å². The molecular weight excluding hydrogens is 346 g/mol. The van der Waals surface area contributed by atoms with E-state index in [1.54, 1.807) is 12.1 Å². The molecule has 138 valence electrons. The third-order valence-corrected chi connectivity index (χ3v) is 5.68. The molecule has 26 heavy (non-hydrogen) atoms. The zero-order valence-corrected chi connectivity index (χ0v) is 16.3. The van der Waals surface area contributed by atoms with Crippen molar-refractivity contribution in [3.8, 4) is 0 Å². The maximum atomic E-state index is 12.4. The molecule has 3 rings (SSSR count). The molecule has 3 atom stereocenters. The van der Waals surface area contributed by atoms with Crippen LogP contribution in [0, 0.1) is 18.8 Å². The molecule has 3 nitrogen and oxygen atoms in total. The molecule has 0 aliphatic carbocycles. The predicted octanol–water partition coefficient (Wildman–Crippen LogP) is 5.50. The van der Waals surface area contributed by atoms with Gasteiger partial charge in [0.05, 0.1) is 12.7 Å². The van der Waals surface area contributed by atoms with E-state index < -0.39 is 0 Å². The highest BCUT2D eigenvalue weighted by Crippen LogP contribution is 2.27. The van der Waals surface area contributed by atoms with Gasteiger partial charge in [0.1, 0.15) is 0 Å². The van der Waals surface area contributed by atoms with Crippen LogP contribution >= 0.6 is 11.6 Å². The zero-order chi connectivity index (χ0) is 18.7. The number of halogens is 1. The van der Waals surface area contributed by atoms with Gasteiger partial charge in [0.25, 0.3) is 5.91 Å². The zero-order valence-electron chi connectivity index (χ0n) is 15.6. The van der Waals surface area contributed by atoms with E-state index in [4.69, 9.17) is 16.3 Å². The van der Waals surface area contributed by atoms with E-state index in [1.807, 2.05) is 25.1 Å². The summed E-state index contributed by atoms with van der Waals surface area (Å²) in [5, 5.41) is 3.53. The maximum absolute atomic E-state index is 12.4. The number of carbonyl (C=O) groups excluding carboxylic acids is 1. The average molecular weight is 372 g/mol. The molecule has 0 saturated carbocycles. The SMILES string of the molecule is Cc1ccc(C(=O)Nc2ccc(CC3COC(C)C(C)C3)cc2)cc1Cl. The van der Waals surface area contributed by atoms with Gasteiger partial charge in [0.2, 0.25) is 0 Å². The van der Waals surface area contributed by atoms with Crippen molar-refractivity contribution in [1.82, 2.24) is 0 Å². The van der Waals surface area contributed by atoms with E-state index in [9.17, 15) is 4.79 Å². The molecule has 1 saturated heterocycles. The van der Waals surface area contributed by atoms with Crippen molar-refractivity contribution in [2.24, 2.45) is 11.8 Å². The average Bonchev–Trinajstić information content (AvgIpc) is 2.62. The Balaban J connectivity index is 1.59. The molecule has 1 fully saturated rings. The highest BCUT2D eigenvalue weighted by atomic mass is 35.5. The van der Waals surface area contributed by atoms with Crippen LogP contribution in [0.5, 0.6) is 0 Å². The summed E-state index contributed by atoms with van der Waals surface area (Å²) < 4.78 is 5.85. The van der Waals surface area contributed by atoms with Crippen molar-refractivity contribution in [2.45, 2.75) is 39.7 Å². The van der Waals surface area contributed by atoms with E-state index in [0.29, 0.717) is 28.5 Å². The Morgan fingerprint density at radius 1 is 1.19 bits per heavy atom. The quantitative estimate of drug-likeness (QED) is 0.770. The van der Waals surface area contributed by atoms with Gasteiger partial charge in [-0.3, -0.25) is 4.79 Å². The van der Waals surface area contributed by atoms with E-state index in [-0.39, 0.29) is 5.91 Å². The molecule has 0 spiro atoms. The summed E-state index contributed by atoms with van der Waals surface area (Å²) in [7, 11) is 0. The van der Waals surface area contributed by atoms with E-state index >= 15 is 0 Å². The highest BCUT2D eigenvalue weighted by Gasteiger charge is 2.25. The van der Waals surface area contributed by atoms with Crippen molar-refractivity contribution >= 4 is 23.2 Å². The van der Waals surface area contributed by atoms with Crippen LogP contribution in [-0.2, 0) is 11.2 Å². The minimum absolute atomic E-state index is 0.150. The third-order valence-electron chi connectivity index (χ3n) is 5.27. The second kappa shape index (κ2) is 8.24. The van der Waals surface area contributed by atoms with Gasteiger partial charge in [-0.15, -0.1) is 0 Å². The van der Waals surface area contributed by atoms with E-state index in [2.05, 4.69) is 31.3 Å². The first-order valence-corrected chi connectivity index (χ1v) is 9.58. The molecule has 0 radical (unpaired) electrons. The first kappa shape index (κ1) is 18.9. The Kier molecular flexibility index (Phi) is 6.00. The Bertz CT molecular complexity index is 772. The monoisotopic (exact) mass is 371 g/mol. The lowest BCUT2D eigenvalue weighted by molar-refractivity contribution is -0.0397. The lowest BCUT2D eigenvalue weighted by atomic mass is 9.86. The van der Waals surface area contributed by atoms with Crippen molar-refractivity contribution in [3.63, 3.8) is 0 Å². The Morgan fingerprint density at radius 2 is 1.92 bits per heavy atom. The van der Waals surface area contributed by atoms with Gasteiger partial charge in [0, 0.05) is 16.3 Å². The molecule has 1 heterocycles. The van der Waals surface area contributed by atoms with Crippen molar-refractivity contribution in [1.29, 1.82) is 0 Å². The lowest BCUT2D eigenvalue weighted by Gasteiger charge is -2.32. The molecule has 0 bridgehead atoms. The number of carbonyl (C=O) groups is 1. The highest BCUT2D eigenvalue weighted by molar-refractivity contribution is 6.31. The summed E-state index contributed by atoms with van der Waals surface area (Å²) in [6.07, 6.45) is 2.58. The molecule has 1 amide bonds. The Labute approximate surface area is 160 Å². The minimum Gasteiger partial charge on any atom is -0.378 e. The molecule has 1 N–H and O–H groups in total. The fraction of sp³-hybridized carbons (Fsp3) is 0.409. The van der Waals surface area contributed by atoms with Crippen molar-refractivity contribution in [3.05, 3.63) is 64.2 Å². The van der Waals surface area contributed by atoms with Crippen LogP contribution in [0.1, 0.15) is 41.8 Å².